The van der Waals surface area contributed by atoms with Gasteiger partial charge in [-0.15, -0.1) is 0 Å². The predicted molar refractivity (Wildman–Crippen MR) is 218 cm³/mol. The van der Waals surface area contributed by atoms with Gasteiger partial charge in [0.2, 0.25) is 5.91 Å². The summed E-state index contributed by atoms with van der Waals surface area (Å²) >= 11 is 0. The smallest absolute Gasteiger partial charge is 0.393 e. The predicted octanol–water partition coefficient (Wildman–Crippen LogP) is 10.3. The van der Waals surface area contributed by atoms with E-state index in [1.54, 1.807) is 6.08 Å². The summed E-state index contributed by atoms with van der Waals surface area (Å²) in [4.78, 5) is 22.6. The highest BCUT2D eigenvalue weighted by Gasteiger charge is 2.27. The summed E-state index contributed by atoms with van der Waals surface area (Å²) in [6, 6.07) is -1.00. The number of aliphatic hydroxyl groups excluding tert-OH is 2. The monoisotopic (exact) mass is 755 g/mol. The number of carbonyl (C=O) groups is 1. The first-order valence-electron chi connectivity index (χ1n) is 20.8. The molecule has 0 fully saturated rings. The average molecular weight is 755 g/mol. The first-order valence-corrected chi connectivity index (χ1v) is 22.3. The highest BCUT2D eigenvalue weighted by Crippen LogP contribution is 2.43. The summed E-state index contributed by atoms with van der Waals surface area (Å²) in [6.07, 6.45) is 42.2. The molecule has 4 unspecified atom stereocenters. The quantitative estimate of drug-likeness (QED) is 0.0237. The van der Waals surface area contributed by atoms with E-state index in [-0.39, 0.29) is 19.6 Å². The fraction of sp³-hybridized carbons (Fsp3) is 0.786. The van der Waals surface area contributed by atoms with E-state index in [9.17, 15) is 24.5 Å². The minimum atomic E-state index is -4.40. The molecular formula is C42H79N2O7P. The Balaban J connectivity index is 4.25. The SMILES string of the molecule is CCCCC/C=C/CC/C=C/C(O)C(COP(=O)(O)OCCN)NC(=O)CC(O)CCCCCCC/C=C\C/C=C\CCCCCCCCCCC. The van der Waals surface area contributed by atoms with Gasteiger partial charge < -0.3 is 26.2 Å². The largest absolute Gasteiger partial charge is 0.472 e. The summed E-state index contributed by atoms with van der Waals surface area (Å²) in [5.74, 6) is -0.468. The average Bonchev–Trinajstić information content (AvgIpc) is 3.12. The van der Waals surface area contributed by atoms with Gasteiger partial charge in [0.25, 0.3) is 0 Å². The van der Waals surface area contributed by atoms with E-state index >= 15 is 0 Å². The number of amides is 1. The number of aliphatic hydroxyl groups is 2. The van der Waals surface area contributed by atoms with Crippen LogP contribution in [0.4, 0.5) is 0 Å². The van der Waals surface area contributed by atoms with Crippen LogP contribution in [0.1, 0.15) is 174 Å². The molecule has 0 saturated carbocycles. The number of phosphoric acid groups is 1. The Hall–Kier alpha value is -1.58. The zero-order valence-corrected chi connectivity index (χ0v) is 34.0. The van der Waals surface area contributed by atoms with Gasteiger partial charge in [-0.25, -0.2) is 4.57 Å². The number of allylic oxidation sites excluding steroid dienone is 7. The molecule has 0 aromatic rings. The van der Waals surface area contributed by atoms with Gasteiger partial charge in [-0.05, 0) is 64.2 Å². The molecule has 1 amide bonds. The third-order valence-electron chi connectivity index (χ3n) is 8.93. The zero-order valence-electron chi connectivity index (χ0n) is 33.1. The van der Waals surface area contributed by atoms with Crippen LogP contribution < -0.4 is 11.1 Å². The van der Waals surface area contributed by atoms with Crippen LogP contribution in [0.25, 0.3) is 0 Å². The lowest BCUT2D eigenvalue weighted by atomic mass is 10.0. The lowest BCUT2D eigenvalue weighted by Crippen LogP contribution is -2.46. The van der Waals surface area contributed by atoms with Crippen molar-refractivity contribution in [2.24, 2.45) is 5.73 Å². The van der Waals surface area contributed by atoms with Crippen LogP contribution in [-0.2, 0) is 18.4 Å². The molecule has 10 heteroatoms. The van der Waals surface area contributed by atoms with Gasteiger partial charge in [0, 0.05) is 6.54 Å². The van der Waals surface area contributed by atoms with Crippen molar-refractivity contribution in [2.75, 3.05) is 19.8 Å². The maximum absolute atomic E-state index is 12.7. The molecule has 0 aromatic heterocycles. The van der Waals surface area contributed by atoms with Crippen molar-refractivity contribution in [1.82, 2.24) is 5.32 Å². The van der Waals surface area contributed by atoms with Crippen LogP contribution in [0.3, 0.4) is 0 Å². The third kappa shape index (κ3) is 35.4. The summed E-state index contributed by atoms with van der Waals surface area (Å²) in [6.45, 7) is 3.87. The minimum absolute atomic E-state index is 0.0410. The van der Waals surface area contributed by atoms with E-state index in [0.29, 0.717) is 12.8 Å². The molecule has 0 heterocycles. The van der Waals surface area contributed by atoms with Gasteiger partial charge in [-0.2, -0.15) is 0 Å². The van der Waals surface area contributed by atoms with Crippen molar-refractivity contribution in [2.45, 2.75) is 193 Å². The Morgan fingerprint density at radius 3 is 1.75 bits per heavy atom. The Morgan fingerprint density at radius 2 is 1.15 bits per heavy atom. The third-order valence-corrected chi connectivity index (χ3v) is 9.92. The fourth-order valence-corrected chi connectivity index (χ4v) is 6.51. The molecule has 52 heavy (non-hydrogen) atoms. The van der Waals surface area contributed by atoms with E-state index in [1.807, 2.05) is 6.08 Å². The number of nitrogens with two attached hydrogens (primary N) is 1. The van der Waals surface area contributed by atoms with Crippen molar-refractivity contribution in [3.63, 3.8) is 0 Å². The van der Waals surface area contributed by atoms with Gasteiger partial charge in [-0.3, -0.25) is 13.8 Å². The summed E-state index contributed by atoms with van der Waals surface area (Å²) in [5.41, 5.74) is 5.34. The van der Waals surface area contributed by atoms with E-state index in [1.165, 1.54) is 83.5 Å². The zero-order chi connectivity index (χ0) is 38.4. The van der Waals surface area contributed by atoms with E-state index in [0.717, 1.165) is 57.8 Å². The van der Waals surface area contributed by atoms with Crippen LogP contribution in [0, 0.1) is 0 Å². The van der Waals surface area contributed by atoms with Crippen molar-refractivity contribution in [3.8, 4) is 0 Å². The topological polar surface area (TPSA) is 151 Å². The molecule has 0 saturated heterocycles. The second-order valence-corrected chi connectivity index (χ2v) is 15.5. The maximum atomic E-state index is 12.7. The van der Waals surface area contributed by atoms with E-state index < -0.39 is 38.6 Å². The van der Waals surface area contributed by atoms with Gasteiger partial charge >= 0.3 is 7.82 Å². The molecule has 0 bridgehead atoms. The van der Waals surface area contributed by atoms with Gasteiger partial charge in [0.15, 0.2) is 0 Å². The van der Waals surface area contributed by atoms with E-state index in [2.05, 4.69) is 55.6 Å². The van der Waals surface area contributed by atoms with Crippen LogP contribution >= 0.6 is 7.82 Å². The van der Waals surface area contributed by atoms with Gasteiger partial charge in [0.1, 0.15) is 0 Å². The molecule has 0 aromatic carbocycles. The summed E-state index contributed by atoms with van der Waals surface area (Å²) < 4.78 is 21.9. The normalized spacial score (nSPS) is 15.3. The highest BCUT2D eigenvalue weighted by molar-refractivity contribution is 7.47. The second-order valence-electron chi connectivity index (χ2n) is 14.0. The van der Waals surface area contributed by atoms with Crippen molar-refractivity contribution in [3.05, 3.63) is 48.6 Å². The van der Waals surface area contributed by atoms with Crippen molar-refractivity contribution >= 4 is 13.7 Å². The van der Waals surface area contributed by atoms with Crippen LogP contribution in [0.15, 0.2) is 48.6 Å². The lowest BCUT2D eigenvalue weighted by molar-refractivity contribution is -0.124. The molecule has 0 rings (SSSR count). The summed E-state index contributed by atoms with van der Waals surface area (Å²) in [5, 5.41) is 23.9. The number of nitrogens with one attached hydrogen (secondary N) is 1. The number of carbonyl (C=O) groups excluding carboxylic acids is 1. The molecule has 4 atom stereocenters. The fourth-order valence-electron chi connectivity index (χ4n) is 5.75. The van der Waals surface area contributed by atoms with Crippen LogP contribution in [0.2, 0.25) is 0 Å². The number of hydrogen-bond acceptors (Lipinski definition) is 7. The molecule has 0 radical (unpaired) electrons. The van der Waals surface area contributed by atoms with Crippen molar-refractivity contribution in [1.29, 1.82) is 0 Å². The number of hydrogen-bond donors (Lipinski definition) is 5. The maximum Gasteiger partial charge on any atom is 0.472 e. The molecule has 0 aliphatic rings. The molecule has 304 valence electrons. The lowest BCUT2D eigenvalue weighted by Gasteiger charge is -2.24. The summed E-state index contributed by atoms with van der Waals surface area (Å²) in [7, 11) is -4.40. The molecular weight excluding hydrogens is 675 g/mol. The molecule has 0 aliphatic carbocycles. The van der Waals surface area contributed by atoms with Gasteiger partial charge in [-0.1, -0.05) is 152 Å². The van der Waals surface area contributed by atoms with E-state index in [4.69, 9.17) is 14.8 Å². The molecule has 0 spiro atoms. The Morgan fingerprint density at radius 1 is 0.673 bits per heavy atom. The highest BCUT2D eigenvalue weighted by atomic mass is 31.2. The Labute approximate surface area is 318 Å². The standard InChI is InChI=1S/C42H79N2O7P/c1-3-5-7-9-11-13-14-15-16-17-18-19-20-21-22-23-24-26-27-29-31-33-39(45)37-42(47)44-40(38-51-52(48,49)50-36-35-43)41(46)34-32-30-28-25-12-10-8-6-4-2/h12,18-19,21-22,25,32,34,39-41,45-46H,3-11,13-17,20,23-24,26-31,33,35-38,43H2,1-2H3,(H,44,47)(H,48,49)/b19-18-,22-21-,25-12+,34-32+. The minimum Gasteiger partial charge on any atom is -0.393 e. The molecule has 0 aliphatic heterocycles. The Bertz CT molecular complexity index is 972. The molecule has 9 nitrogen and oxygen atoms in total. The van der Waals surface area contributed by atoms with Crippen molar-refractivity contribution < 1.29 is 33.5 Å². The first kappa shape index (κ1) is 50.4. The van der Waals surface area contributed by atoms with Crippen LogP contribution in [-0.4, -0.2) is 59.0 Å². The number of rotatable bonds is 38. The molecule has 6 N–H and O–H groups in total. The number of unbranched alkanes of at least 4 members (excludes halogenated alkanes) is 18. The number of phosphoric ester groups is 1. The van der Waals surface area contributed by atoms with Gasteiger partial charge in [0.05, 0.1) is 37.9 Å². The van der Waals surface area contributed by atoms with Crippen LogP contribution in [0.5, 0.6) is 0 Å². The Kier molecular flexibility index (Phi) is 36.6. The first-order chi connectivity index (χ1) is 25.3. The second kappa shape index (κ2) is 37.7.